The van der Waals surface area contributed by atoms with Crippen LogP contribution in [0.3, 0.4) is 0 Å². The van der Waals surface area contributed by atoms with Crippen molar-refractivity contribution in [2.45, 2.75) is 20.4 Å². The Kier molecular flexibility index (Phi) is 4.24. The summed E-state index contributed by atoms with van der Waals surface area (Å²) in [5.74, 6) is -0.686. The zero-order valence-corrected chi connectivity index (χ0v) is 15.1. The number of carbonyl (C=O) groups excluding carboxylic acids is 1. The minimum atomic E-state index is -0.378. The SMILES string of the molecule is Cc1cc(C)n(Cc2ccc(NC(=O)c3cc4ccccc4[nH]3)cc2F)n1. The number of aromatic nitrogens is 3. The quantitative estimate of drug-likeness (QED) is 0.564. The first-order valence-electron chi connectivity index (χ1n) is 8.68. The molecule has 2 aromatic carbocycles. The van der Waals surface area contributed by atoms with Crippen LogP contribution in [0.2, 0.25) is 0 Å². The smallest absolute Gasteiger partial charge is 0.272 e. The fourth-order valence-electron chi connectivity index (χ4n) is 3.14. The van der Waals surface area contributed by atoms with Crippen molar-refractivity contribution in [3.8, 4) is 0 Å². The molecule has 2 aromatic heterocycles. The number of amides is 1. The molecule has 0 saturated heterocycles. The van der Waals surface area contributed by atoms with Gasteiger partial charge in [-0.05, 0) is 44.2 Å². The maximum absolute atomic E-state index is 14.5. The van der Waals surface area contributed by atoms with Crippen molar-refractivity contribution >= 4 is 22.5 Å². The number of anilines is 1. The Morgan fingerprint density at radius 2 is 1.96 bits per heavy atom. The summed E-state index contributed by atoms with van der Waals surface area (Å²) in [6.45, 7) is 4.19. The lowest BCUT2D eigenvalue weighted by atomic mass is 10.2. The number of rotatable bonds is 4. The van der Waals surface area contributed by atoms with E-state index in [1.807, 2.05) is 44.2 Å². The number of nitrogens with one attached hydrogen (secondary N) is 2. The van der Waals surface area contributed by atoms with E-state index < -0.39 is 0 Å². The third kappa shape index (κ3) is 3.46. The molecule has 4 aromatic rings. The first-order chi connectivity index (χ1) is 13.0. The Bertz CT molecular complexity index is 1110. The average molecular weight is 362 g/mol. The summed E-state index contributed by atoms with van der Waals surface area (Å²) in [6, 6.07) is 16.1. The van der Waals surface area contributed by atoms with E-state index in [-0.39, 0.29) is 11.7 Å². The van der Waals surface area contributed by atoms with Gasteiger partial charge >= 0.3 is 0 Å². The predicted octanol–water partition coefficient (Wildman–Crippen LogP) is 4.42. The molecule has 6 heteroatoms. The van der Waals surface area contributed by atoms with Crippen molar-refractivity contribution < 1.29 is 9.18 Å². The number of hydrogen-bond donors (Lipinski definition) is 2. The van der Waals surface area contributed by atoms with E-state index in [1.165, 1.54) is 6.07 Å². The lowest BCUT2D eigenvalue weighted by Crippen LogP contribution is -2.13. The first-order valence-corrected chi connectivity index (χ1v) is 8.68. The highest BCUT2D eigenvalue weighted by Crippen LogP contribution is 2.19. The predicted molar refractivity (Wildman–Crippen MR) is 103 cm³/mol. The van der Waals surface area contributed by atoms with Crippen molar-refractivity contribution in [3.63, 3.8) is 0 Å². The van der Waals surface area contributed by atoms with Crippen molar-refractivity contribution in [1.29, 1.82) is 0 Å². The van der Waals surface area contributed by atoms with Gasteiger partial charge in [-0.15, -0.1) is 0 Å². The zero-order chi connectivity index (χ0) is 19.0. The van der Waals surface area contributed by atoms with E-state index in [9.17, 15) is 9.18 Å². The Morgan fingerprint density at radius 1 is 1.15 bits per heavy atom. The van der Waals surface area contributed by atoms with Crippen LogP contribution in [0.15, 0.2) is 54.6 Å². The molecule has 0 atom stereocenters. The number of fused-ring (bicyclic) bond motifs is 1. The number of carbonyl (C=O) groups is 1. The van der Waals surface area contributed by atoms with Gasteiger partial charge in [0.15, 0.2) is 0 Å². The number of aromatic amines is 1. The Balaban J connectivity index is 1.51. The molecular formula is C21H19FN4O. The summed E-state index contributed by atoms with van der Waals surface area (Å²) in [5.41, 5.74) is 4.12. The van der Waals surface area contributed by atoms with Gasteiger partial charge in [-0.1, -0.05) is 24.3 Å². The summed E-state index contributed by atoms with van der Waals surface area (Å²) in [4.78, 5) is 15.5. The minimum Gasteiger partial charge on any atom is -0.351 e. The van der Waals surface area contributed by atoms with Gasteiger partial charge in [-0.2, -0.15) is 5.10 Å². The standard InChI is InChI=1S/C21H19FN4O/c1-13-9-14(2)26(25-13)12-16-7-8-17(11-18(16)22)23-21(27)20-10-15-5-3-4-6-19(15)24-20/h3-11,24H,12H2,1-2H3,(H,23,27). The molecular weight excluding hydrogens is 343 g/mol. The van der Waals surface area contributed by atoms with E-state index in [1.54, 1.807) is 22.9 Å². The van der Waals surface area contributed by atoms with Crippen molar-refractivity contribution in [1.82, 2.24) is 14.8 Å². The van der Waals surface area contributed by atoms with Crippen LogP contribution in [-0.4, -0.2) is 20.7 Å². The molecule has 5 nitrogen and oxygen atoms in total. The lowest BCUT2D eigenvalue weighted by Gasteiger charge is -2.09. The molecule has 0 aliphatic heterocycles. The second-order valence-electron chi connectivity index (χ2n) is 6.62. The molecule has 136 valence electrons. The average Bonchev–Trinajstić information content (AvgIpc) is 3.20. The number of H-pyrrole nitrogens is 1. The van der Waals surface area contributed by atoms with Gasteiger partial charge in [0.2, 0.25) is 0 Å². The van der Waals surface area contributed by atoms with Gasteiger partial charge in [-0.25, -0.2) is 4.39 Å². The van der Waals surface area contributed by atoms with Crippen LogP contribution in [0.4, 0.5) is 10.1 Å². The van der Waals surface area contributed by atoms with E-state index in [4.69, 9.17) is 0 Å². The van der Waals surface area contributed by atoms with Crippen LogP contribution in [-0.2, 0) is 6.54 Å². The highest BCUT2D eigenvalue weighted by Gasteiger charge is 2.12. The van der Waals surface area contributed by atoms with Crippen LogP contribution < -0.4 is 5.32 Å². The normalized spacial score (nSPS) is 11.1. The highest BCUT2D eigenvalue weighted by atomic mass is 19.1. The number of benzene rings is 2. The van der Waals surface area contributed by atoms with E-state index in [0.29, 0.717) is 23.5 Å². The van der Waals surface area contributed by atoms with Crippen molar-refractivity contribution in [2.75, 3.05) is 5.32 Å². The van der Waals surface area contributed by atoms with Gasteiger partial charge < -0.3 is 10.3 Å². The lowest BCUT2D eigenvalue weighted by molar-refractivity contribution is 0.102. The summed E-state index contributed by atoms with van der Waals surface area (Å²) in [5, 5.41) is 8.04. The van der Waals surface area contributed by atoms with Crippen LogP contribution in [0.1, 0.15) is 27.4 Å². The summed E-state index contributed by atoms with van der Waals surface area (Å²) in [7, 11) is 0. The molecule has 0 radical (unpaired) electrons. The maximum atomic E-state index is 14.5. The number of nitrogens with zero attached hydrogens (tertiary/aromatic N) is 2. The van der Waals surface area contributed by atoms with Crippen LogP contribution in [0, 0.1) is 19.7 Å². The highest BCUT2D eigenvalue weighted by molar-refractivity contribution is 6.05. The van der Waals surface area contributed by atoms with Gasteiger partial charge in [0, 0.05) is 27.8 Å². The summed E-state index contributed by atoms with van der Waals surface area (Å²) < 4.78 is 16.3. The van der Waals surface area contributed by atoms with E-state index >= 15 is 0 Å². The third-order valence-corrected chi connectivity index (χ3v) is 4.51. The molecule has 0 aliphatic carbocycles. The van der Waals surface area contributed by atoms with Gasteiger partial charge in [0.25, 0.3) is 5.91 Å². The van der Waals surface area contributed by atoms with Gasteiger partial charge in [-0.3, -0.25) is 9.48 Å². The Morgan fingerprint density at radius 3 is 2.67 bits per heavy atom. The summed E-state index contributed by atoms with van der Waals surface area (Å²) in [6.07, 6.45) is 0. The maximum Gasteiger partial charge on any atom is 0.272 e. The number of halogens is 1. The fraction of sp³-hybridized carbons (Fsp3) is 0.143. The molecule has 0 saturated carbocycles. The molecule has 0 bridgehead atoms. The second-order valence-corrected chi connectivity index (χ2v) is 6.62. The number of aryl methyl sites for hydroxylation is 2. The molecule has 2 heterocycles. The van der Waals surface area contributed by atoms with Gasteiger partial charge in [0.1, 0.15) is 11.5 Å². The number of hydrogen-bond acceptors (Lipinski definition) is 2. The van der Waals surface area contributed by atoms with Crippen LogP contribution in [0.25, 0.3) is 10.9 Å². The Hall–Kier alpha value is -3.41. The molecule has 2 N–H and O–H groups in total. The molecule has 0 fully saturated rings. The molecule has 0 unspecified atom stereocenters. The van der Waals surface area contributed by atoms with Gasteiger partial charge in [0.05, 0.1) is 12.2 Å². The Labute approximate surface area is 155 Å². The molecule has 4 rings (SSSR count). The molecule has 0 spiro atoms. The van der Waals surface area contributed by atoms with E-state index in [0.717, 1.165) is 22.3 Å². The topological polar surface area (TPSA) is 62.7 Å². The molecule has 0 aliphatic rings. The van der Waals surface area contributed by atoms with Crippen LogP contribution in [0.5, 0.6) is 0 Å². The number of para-hydroxylation sites is 1. The largest absolute Gasteiger partial charge is 0.351 e. The zero-order valence-electron chi connectivity index (χ0n) is 15.1. The van der Waals surface area contributed by atoms with Crippen molar-refractivity contribution in [3.05, 3.63) is 83.1 Å². The fourth-order valence-corrected chi connectivity index (χ4v) is 3.14. The minimum absolute atomic E-state index is 0.308. The second kappa shape index (κ2) is 6.72. The molecule has 1 amide bonds. The van der Waals surface area contributed by atoms with Crippen LogP contribution >= 0.6 is 0 Å². The van der Waals surface area contributed by atoms with Crippen molar-refractivity contribution in [2.24, 2.45) is 0 Å². The monoisotopic (exact) mass is 362 g/mol. The summed E-state index contributed by atoms with van der Waals surface area (Å²) >= 11 is 0. The first kappa shape index (κ1) is 17.0. The third-order valence-electron chi connectivity index (χ3n) is 4.51. The molecule has 27 heavy (non-hydrogen) atoms. The van der Waals surface area contributed by atoms with E-state index in [2.05, 4.69) is 15.4 Å².